The Labute approximate surface area is 201 Å². The van der Waals surface area contributed by atoms with Crippen LogP contribution in [-0.4, -0.2) is 67.1 Å². The Morgan fingerprint density at radius 1 is 1.41 bits per heavy atom. The molecule has 3 aromatic rings. The number of hydrogen-bond donors (Lipinski definition) is 3. The van der Waals surface area contributed by atoms with E-state index < -0.39 is 5.91 Å². The highest BCUT2D eigenvalue weighted by Crippen LogP contribution is 2.28. The topological polar surface area (TPSA) is 170 Å². The molecule has 0 aliphatic carbocycles. The zero-order chi connectivity index (χ0) is 23.4. The number of piperidine rings is 1. The van der Waals surface area contributed by atoms with Gasteiger partial charge in [-0.1, -0.05) is 17.7 Å². The molecule has 4 rings (SSSR count). The molecule has 0 spiro atoms. The highest BCUT2D eigenvalue weighted by Gasteiger charge is 2.28. The molecule has 14 heteroatoms. The van der Waals surface area contributed by atoms with Crippen molar-refractivity contribution < 1.29 is 19.3 Å². The second-order valence-electron chi connectivity index (χ2n) is 7.68. The molecule has 1 unspecified atom stereocenters. The van der Waals surface area contributed by atoms with Gasteiger partial charge in [-0.25, -0.2) is 10.1 Å². The van der Waals surface area contributed by atoms with Crippen LogP contribution in [0.4, 0.5) is 5.82 Å². The van der Waals surface area contributed by atoms with Crippen LogP contribution >= 0.6 is 12.4 Å². The number of hydrazone groups is 1. The summed E-state index contributed by atoms with van der Waals surface area (Å²) in [5.74, 6) is -0.172. The van der Waals surface area contributed by atoms with Crippen LogP contribution in [0.25, 0.3) is 5.82 Å². The smallest absolute Gasteiger partial charge is 0.293 e. The summed E-state index contributed by atoms with van der Waals surface area (Å²) >= 11 is 0. The number of ether oxygens (including phenoxy) is 1. The summed E-state index contributed by atoms with van der Waals surface area (Å²) in [6, 6.07) is 5.27. The third-order valence-corrected chi connectivity index (χ3v) is 5.59. The largest absolute Gasteiger partial charge is 0.504 e. The second kappa shape index (κ2) is 10.9. The molecular formula is C20H26ClN9O4. The van der Waals surface area contributed by atoms with Crippen LogP contribution in [-0.2, 0) is 6.54 Å². The third kappa shape index (κ3) is 5.10. The summed E-state index contributed by atoms with van der Waals surface area (Å²) in [7, 11) is 1.45. The van der Waals surface area contributed by atoms with Crippen LogP contribution in [0, 0.1) is 0 Å². The minimum atomic E-state index is -0.574. The van der Waals surface area contributed by atoms with Gasteiger partial charge in [0.05, 0.1) is 19.0 Å². The van der Waals surface area contributed by atoms with Gasteiger partial charge in [0.15, 0.2) is 17.2 Å². The van der Waals surface area contributed by atoms with Gasteiger partial charge in [-0.3, -0.25) is 9.69 Å². The number of para-hydroxylation sites is 1. The molecule has 13 nitrogen and oxygen atoms in total. The van der Waals surface area contributed by atoms with Gasteiger partial charge >= 0.3 is 0 Å². The minimum absolute atomic E-state index is 0. The van der Waals surface area contributed by atoms with E-state index in [1.165, 1.54) is 18.0 Å². The minimum Gasteiger partial charge on any atom is -0.504 e. The van der Waals surface area contributed by atoms with Gasteiger partial charge < -0.3 is 15.6 Å². The number of benzene rings is 1. The van der Waals surface area contributed by atoms with Gasteiger partial charge in [0.25, 0.3) is 5.91 Å². The number of anilines is 1. The number of rotatable bonds is 7. The number of nitrogens with one attached hydrogen (secondary N) is 1. The Morgan fingerprint density at radius 2 is 2.24 bits per heavy atom. The Kier molecular flexibility index (Phi) is 8.02. The molecule has 0 saturated carbocycles. The van der Waals surface area contributed by atoms with Crippen LogP contribution in [0.3, 0.4) is 0 Å². The average Bonchev–Trinajstić information content (AvgIpc) is 3.42. The molecule has 1 saturated heterocycles. The van der Waals surface area contributed by atoms with Gasteiger partial charge in [-0.05, 0) is 48.8 Å². The fourth-order valence-corrected chi connectivity index (χ4v) is 3.73. The van der Waals surface area contributed by atoms with Crippen molar-refractivity contribution in [1.29, 1.82) is 0 Å². The number of halogens is 1. The highest BCUT2D eigenvalue weighted by molar-refractivity contribution is 5.94. The summed E-state index contributed by atoms with van der Waals surface area (Å²) in [6.07, 6.45) is 4.60. The fraction of sp³-hybridized carbons (Fsp3) is 0.400. The lowest BCUT2D eigenvalue weighted by atomic mass is 10.0. The zero-order valence-corrected chi connectivity index (χ0v) is 19.5. The van der Waals surface area contributed by atoms with Gasteiger partial charge in [0, 0.05) is 18.2 Å². The second-order valence-corrected chi connectivity index (χ2v) is 7.68. The van der Waals surface area contributed by atoms with E-state index in [0.29, 0.717) is 29.6 Å². The summed E-state index contributed by atoms with van der Waals surface area (Å²) in [5, 5.41) is 29.6. The van der Waals surface area contributed by atoms with E-state index in [0.717, 1.165) is 25.8 Å². The predicted molar refractivity (Wildman–Crippen MR) is 124 cm³/mol. The maximum atomic E-state index is 12.9. The molecule has 0 bridgehead atoms. The molecule has 2 aromatic heterocycles. The number of likely N-dealkylation sites (tertiary alicyclic amines) is 1. The molecule has 3 heterocycles. The van der Waals surface area contributed by atoms with Crippen LogP contribution in [0.15, 0.2) is 27.9 Å². The Bertz CT molecular complexity index is 1160. The Hall–Kier alpha value is -3.71. The molecule has 1 amide bonds. The molecule has 4 N–H and O–H groups in total. The lowest BCUT2D eigenvalue weighted by Crippen LogP contribution is -2.38. The summed E-state index contributed by atoms with van der Waals surface area (Å²) in [5.41, 5.74) is 9.21. The molecule has 1 aliphatic heterocycles. The Morgan fingerprint density at radius 3 is 2.94 bits per heavy atom. The molecular weight excluding hydrogens is 466 g/mol. The van der Waals surface area contributed by atoms with E-state index in [-0.39, 0.29) is 35.5 Å². The number of nitrogen functional groups attached to an aromatic ring is 1. The number of carbonyl (C=O) groups excluding carboxylic acids is 1. The van der Waals surface area contributed by atoms with E-state index >= 15 is 0 Å². The average molecular weight is 492 g/mol. The number of nitrogens with two attached hydrogens (primary N) is 1. The van der Waals surface area contributed by atoms with Crippen molar-refractivity contribution in [1.82, 2.24) is 35.6 Å². The van der Waals surface area contributed by atoms with E-state index in [4.69, 9.17) is 15.1 Å². The summed E-state index contributed by atoms with van der Waals surface area (Å²) < 4.78 is 11.1. The van der Waals surface area contributed by atoms with Gasteiger partial charge in [0.2, 0.25) is 11.6 Å². The van der Waals surface area contributed by atoms with Gasteiger partial charge in [-0.15, -0.1) is 17.5 Å². The van der Waals surface area contributed by atoms with Crippen LogP contribution < -0.4 is 15.9 Å². The number of carbonyl (C=O) groups is 1. The number of aromatic nitrogens is 5. The van der Waals surface area contributed by atoms with Crippen LogP contribution in [0.1, 0.15) is 47.9 Å². The highest BCUT2D eigenvalue weighted by atomic mass is 35.5. The number of phenolic OH excluding ortho intramolecular Hbond substituents is 1. The van der Waals surface area contributed by atoms with Crippen LogP contribution in [0.2, 0.25) is 0 Å². The first-order chi connectivity index (χ1) is 16.0. The number of methoxy groups -OCH3 is 1. The normalized spacial score (nSPS) is 16.4. The molecule has 0 radical (unpaired) electrons. The third-order valence-electron chi connectivity index (χ3n) is 5.59. The van der Waals surface area contributed by atoms with E-state index in [2.05, 4.69) is 43.0 Å². The molecule has 1 aliphatic rings. The fourth-order valence-electron chi connectivity index (χ4n) is 3.73. The monoisotopic (exact) mass is 491 g/mol. The van der Waals surface area contributed by atoms with Gasteiger partial charge in [-0.2, -0.15) is 9.78 Å². The molecule has 1 fully saturated rings. The molecule has 1 aromatic carbocycles. The quantitative estimate of drug-likeness (QED) is 0.325. The van der Waals surface area contributed by atoms with E-state index in [1.807, 2.05) is 0 Å². The standard InChI is InChI=1S/C20H25N9O4.ClH/c1-12-6-3-4-9-28(12)11-14-16(23-27-29(14)19-18(21)25-33-26-19)20(31)24-22-10-13-7-5-8-15(32-2)17(13)30;/h5,7-8,10,12,30H,3-4,6,9,11H2,1-2H3,(H2,21,25)(H,24,31);1H/b22-10-;. The van der Waals surface area contributed by atoms with Gasteiger partial charge in [0.1, 0.15) is 0 Å². The number of aromatic hydroxyl groups is 1. The maximum Gasteiger partial charge on any atom is 0.293 e. The lowest BCUT2D eigenvalue weighted by Gasteiger charge is -2.33. The maximum absolute atomic E-state index is 12.9. The van der Waals surface area contributed by atoms with Crippen molar-refractivity contribution in [3.63, 3.8) is 0 Å². The summed E-state index contributed by atoms with van der Waals surface area (Å²) in [4.78, 5) is 15.2. The SMILES string of the molecule is COc1cccc(/C=N\NC(=O)c2nnn(-c3nonc3N)c2CN2CCCCC2C)c1O.Cl. The van der Waals surface area contributed by atoms with Crippen molar-refractivity contribution in [2.75, 3.05) is 19.4 Å². The lowest BCUT2D eigenvalue weighted by molar-refractivity contribution is 0.0945. The first-order valence-corrected chi connectivity index (χ1v) is 10.5. The summed E-state index contributed by atoms with van der Waals surface area (Å²) in [6.45, 7) is 3.43. The Balaban J connectivity index is 0.00000324. The first kappa shape index (κ1) is 24.9. The molecule has 34 heavy (non-hydrogen) atoms. The van der Waals surface area contributed by atoms with Crippen molar-refractivity contribution in [2.45, 2.75) is 38.8 Å². The van der Waals surface area contributed by atoms with Crippen molar-refractivity contribution in [2.24, 2.45) is 5.10 Å². The first-order valence-electron chi connectivity index (χ1n) is 10.5. The number of nitrogens with zero attached hydrogens (tertiary/aromatic N) is 7. The van der Waals surface area contributed by atoms with E-state index in [1.54, 1.807) is 18.2 Å². The zero-order valence-electron chi connectivity index (χ0n) is 18.7. The molecule has 1 atom stereocenters. The molecule has 182 valence electrons. The predicted octanol–water partition coefficient (Wildman–Crippen LogP) is 1.51. The van der Waals surface area contributed by atoms with Crippen molar-refractivity contribution in [3.05, 3.63) is 35.2 Å². The van der Waals surface area contributed by atoms with Crippen molar-refractivity contribution >= 4 is 30.3 Å². The van der Waals surface area contributed by atoms with Crippen molar-refractivity contribution in [3.8, 4) is 17.3 Å². The van der Waals surface area contributed by atoms with Crippen LogP contribution in [0.5, 0.6) is 11.5 Å². The number of amides is 1. The van der Waals surface area contributed by atoms with E-state index in [9.17, 15) is 9.90 Å². The number of phenols is 1. The number of hydrogen-bond acceptors (Lipinski definition) is 11.